The van der Waals surface area contributed by atoms with Crippen LogP contribution in [0.5, 0.6) is 0 Å². The fourth-order valence-electron chi connectivity index (χ4n) is 2.37. The monoisotopic (exact) mass is 236 g/mol. The third-order valence-corrected chi connectivity index (χ3v) is 3.30. The van der Waals surface area contributed by atoms with Crippen LogP contribution in [0.1, 0.15) is 38.7 Å². The molecule has 3 nitrogen and oxygen atoms in total. The molecule has 0 aromatic carbocycles. The minimum atomic E-state index is 0.411. The predicted molar refractivity (Wildman–Crippen MR) is 70.0 cm³/mol. The first kappa shape index (κ1) is 12.7. The first-order valence-corrected chi connectivity index (χ1v) is 6.78. The van der Waals surface area contributed by atoms with Gasteiger partial charge in [0, 0.05) is 25.5 Å². The molecule has 96 valence electrons. The molecule has 2 rings (SSSR count). The van der Waals surface area contributed by atoms with Crippen LogP contribution in [0, 0.1) is 0 Å². The van der Waals surface area contributed by atoms with Crippen LogP contribution in [0.3, 0.4) is 0 Å². The fourth-order valence-corrected chi connectivity index (χ4v) is 2.37. The molecule has 1 fully saturated rings. The molecular formula is C14H24N2O. The molecule has 0 spiro atoms. The van der Waals surface area contributed by atoms with E-state index < -0.39 is 0 Å². The summed E-state index contributed by atoms with van der Waals surface area (Å²) in [6.45, 7) is 7.42. The maximum atomic E-state index is 5.84. The van der Waals surface area contributed by atoms with E-state index in [9.17, 15) is 0 Å². The Morgan fingerprint density at radius 2 is 2.35 bits per heavy atom. The summed E-state index contributed by atoms with van der Waals surface area (Å²) in [6, 6.07) is 2.20. The van der Waals surface area contributed by atoms with Gasteiger partial charge in [0.1, 0.15) is 0 Å². The van der Waals surface area contributed by atoms with Crippen LogP contribution in [0.15, 0.2) is 18.5 Å². The molecule has 0 saturated carbocycles. The molecule has 1 saturated heterocycles. The first-order valence-electron chi connectivity index (χ1n) is 6.78. The molecule has 0 aliphatic carbocycles. The van der Waals surface area contributed by atoms with Crippen LogP contribution in [0.2, 0.25) is 0 Å². The Morgan fingerprint density at radius 3 is 3.06 bits per heavy atom. The lowest BCUT2D eigenvalue weighted by Crippen LogP contribution is -2.16. The van der Waals surface area contributed by atoms with Gasteiger partial charge in [0.05, 0.1) is 12.2 Å². The summed E-state index contributed by atoms with van der Waals surface area (Å²) in [7, 11) is 0. The van der Waals surface area contributed by atoms with Gasteiger partial charge in [-0.05, 0) is 44.4 Å². The van der Waals surface area contributed by atoms with Crippen molar-refractivity contribution in [1.82, 2.24) is 9.88 Å². The van der Waals surface area contributed by atoms with Crippen molar-refractivity contribution < 1.29 is 4.74 Å². The average Bonchev–Trinajstić information content (AvgIpc) is 2.90. The van der Waals surface area contributed by atoms with E-state index in [-0.39, 0.29) is 0 Å². The predicted octanol–water partition coefficient (Wildman–Crippen LogP) is 2.56. The van der Waals surface area contributed by atoms with E-state index in [1.54, 1.807) is 0 Å². The number of nitrogens with zero attached hydrogens (tertiary/aromatic N) is 1. The van der Waals surface area contributed by atoms with Crippen molar-refractivity contribution in [3.8, 4) is 0 Å². The number of rotatable bonds is 6. The zero-order chi connectivity index (χ0) is 12.1. The topological polar surface area (TPSA) is 26.2 Å². The Balaban J connectivity index is 1.77. The first-order chi connectivity index (χ1) is 8.28. The highest BCUT2D eigenvalue weighted by atomic mass is 16.5. The lowest BCUT2D eigenvalue weighted by Gasteiger charge is -2.11. The van der Waals surface area contributed by atoms with Crippen LogP contribution in [0.25, 0.3) is 0 Å². The SMILES string of the molecule is CCCNCc1ccn(CC2CCC(C)O2)c1. The van der Waals surface area contributed by atoms with E-state index in [0.717, 1.165) is 19.6 Å². The zero-order valence-corrected chi connectivity index (χ0v) is 11.0. The number of ether oxygens (including phenoxy) is 1. The van der Waals surface area contributed by atoms with Gasteiger partial charge in [-0.15, -0.1) is 0 Å². The Kier molecular flexibility index (Phi) is 4.63. The number of hydrogen-bond acceptors (Lipinski definition) is 2. The van der Waals surface area contributed by atoms with Crippen molar-refractivity contribution in [1.29, 1.82) is 0 Å². The molecule has 1 aliphatic heterocycles. The summed E-state index contributed by atoms with van der Waals surface area (Å²) in [4.78, 5) is 0. The molecule has 1 N–H and O–H groups in total. The molecule has 1 aliphatic rings. The summed E-state index contributed by atoms with van der Waals surface area (Å²) >= 11 is 0. The fraction of sp³-hybridized carbons (Fsp3) is 0.714. The molecule has 1 aromatic heterocycles. The van der Waals surface area contributed by atoms with Crippen molar-refractivity contribution >= 4 is 0 Å². The number of aromatic nitrogens is 1. The lowest BCUT2D eigenvalue weighted by molar-refractivity contribution is 0.0458. The van der Waals surface area contributed by atoms with E-state index in [1.807, 2.05) is 0 Å². The van der Waals surface area contributed by atoms with Crippen molar-refractivity contribution in [2.75, 3.05) is 6.54 Å². The van der Waals surface area contributed by atoms with Crippen LogP contribution in [-0.2, 0) is 17.8 Å². The highest BCUT2D eigenvalue weighted by molar-refractivity contribution is 5.10. The smallest absolute Gasteiger partial charge is 0.0758 e. The van der Waals surface area contributed by atoms with Gasteiger partial charge >= 0.3 is 0 Å². The van der Waals surface area contributed by atoms with Gasteiger partial charge in [0.25, 0.3) is 0 Å². The van der Waals surface area contributed by atoms with Gasteiger partial charge in [0.2, 0.25) is 0 Å². The van der Waals surface area contributed by atoms with Gasteiger partial charge in [-0.25, -0.2) is 0 Å². The average molecular weight is 236 g/mol. The van der Waals surface area contributed by atoms with E-state index in [1.165, 1.54) is 24.8 Å². The van der Waals surface area contributed by atoms with Crippen LogP contribution < -0.4 is 5.32 Å². The van der Waals surface area contributed by atoms with Crippen LogP contribution >= 0.6 is 0 Å². The van der Waals surface area contributed by atoms with Gasteiger partial charge in [-0.3, -0.25) is 0 Å². The number of hydrogen-bond donors (Lipinski definition) is 1. The third-order valence-electron chi connectivity index (χ3n) is 3.30. The highest BCUT2D eigenvalue weighted by Crippen LogP contribution is 2.20. The van der Waals surface area contributed by atoms with Gasteiger partial charge < -0.3 is 14.6 Å². The normalized spacial score (nSPS) is 24.4. The van der Waals surface area contributed by atoms with Gasteiger partial charge in [-0.1, -0.05) is 6.92 Å². The van der Waals surface area contributed by atoms with Crippen molar-refractivity contribution in [2.24, 2.45) is 0 Å². The van der Waals surface area contributed by atoms with E-state index in [2.05, 4.69) is 42.2 Å². The Labute approximate surface area is 104 Å². The molecule has 0 bridgehead atoms. The molecular weight excluding hydrogens is 212 g/mol. The molecule has 2 atom stereocenters. The maximum Gasteiger partial charge on any atom is 0.0758 e. The highest BCUT2D eigenvalue weighted by Gasteiger charge is 2.21. The molecule has 17 heavy (non-hydrogen) atoms. The van der Waals surface area contributed by atoms with Crippen LogP contribution in [0.4, 0.5) is 0 Å². The summed E-state index contributed by atoms with van der Waals surface area (Å²) in [5, 5.41) is 3.42. The second-order valence-electron chi connectivity index (χ2n) is 5.04. The van der Waals surface area contributed by atoms with E-state index >= 15 is 0 Å². The maximum absolute atomic E-state index is 5.84. The van der Waals surface area contributed by atoms with Gasteiger partial charge in [-0.2, -0.15) is 0 Å². The van der Waals surface area contributed by atoms with Gasteiger partial charge in [0.15, 0.2) is 0 Å². The molecule has 3 heteroatoms. The summed E-state index contributed by atoms with van der Waals surface area (Å²) in [5.74, 6) is 0. The van der Waals surface area contributed by atoms with Crippen molar-refractivity contribution in [3.05, 3.63) is 24.0 Å². The molecule has 1 aromatic rings. The van der Waals surface area contributed by atoms with E-state index in [4.69, 9.17) is 4.74 Å². The largest absolute Gasteiger partial charge is 0.373 e. The summed E-state index contributed by atoms with van der Waals surface area (Å²) in [6.07, 6.45) is 8.84. The van der Waals surface area contributed by atoms with Crippen molar-refractivity contribution in [2.45, 2.75) is 58.4 Å². The quantitative estimate of drug-likeness (QED) is 0.768. The zero-order valence-electron chi connectivity index (χ0n) is 11.0. The Morgan fingerprint density at radius 1 is 1.47 bits per heavy atom. The third kappa shape index (κ3) is 3.86. The Bertz CT molecular complexity index is 335. The summed E-state index contributed by atoms with van der Waals surface area (Å²) < 4.78 is 8.09. The minimum absolute atomic E-state index is 0.411. The number of nitrogens with one attached hydrogen (secondary N) is 1. The second-order valence-corrected chi connectivity index (χ2v) is 5.04. The standard InChI is InChI=1S/C14H24N2O/c1-3-7-15-9-13-6-8-16(10-13)11-14-5-4-12(2)17-14/h6,8,10,12,14-15H,3-5,7,9,11H2,1-2H3. The second kappa shape index (κ2) is 6.22. The minimum Gasteiger partial charge on any atom is -0.373 e. The molecule has 0 amide bonds. The summed E-state index contributed by atoms with van der Waals surface area (Å²) in [5.41, 5.74) is 1.37. The lowest BCUT2D eigenvalue weighted by atomic mass is 10.2. The molecule has 0 radical (unpaired) electrons. The van der Waals surface area contributed by atoms with Crippen LogP contribution in [-0.4, -0.2) is 23.3 Å². The van der Waals surface area contributed by atoms with Crippen molar-refractivity contribution in [3.63, 3.8) is 0 Å². The molecule has 2 heterocycles. The van der Waals surface area contributed by atoms with E-state index in [0.29, 0.717) is 12.2 Å². The molecule has 2 unspecified atom stereocenters. The Hall–Kier alpha value is -0.800.